The van der Waals surface area contributed by atoms with E-state index in [9.17, 15) is 0 Å². The Labute approximate surface area is 164 Å². The maximum Gasteiger partial charge on any atom is 0.198 e. The Balaban J connectivity index is 1.27. The molecule has 2 fully saturated rings. The van der Waals surface area contributed by atoms with Gasteiger partial charge in [-0.1, -0.05) is 41.9 Å². The molecule has 2 aromatic heterocycles. The molecule has 6 heteroatoms. The molecule has 0 amide bonds. The number of nitrogens with zero attached hydrogens (tertiary/aromatic N) is 4. The Hall–Kier alpha value is -2.14. The number of hydrogen-bond acceptors (Lipinski definition) is 4. The van der Waals surface area contributed by atoms with E-state index in [0.29, 0.717) is 22.6 Å². The summed E-state index contributed by atoms with van der Waals surface area (Å²) in [6.07, 6.45) is 10.0. The van der Waals surface area contributed by atoms with E-state index >= 15 is 0 Å². The first-order valence-corrected chi connectivity index (χ1v) is 10.4. The van der Waals surface area contributed by atoms with Crippen LogP contribution >= 0.6 is 11.6 Å². The largest absolute Gasteiger partial charge is 0.380 e. The fourth-order valence-electron chi connectivity index (χ4n) is 4.19. The third kappa shape index (κ3) is 3.53. The molecule has 1 N–H and O–H groups in total. The van der Waals surface area contributed by atoms with Crippen LogP contribution < -0.4 is 5.32 Å². The van der Waals surface area contributed by atoms with Crippen LogP contribution in [-0.2, 0) is 6.42 Å². The number of benzene rings is 1. The first-order chi connectivity index (χ1) is 13.3. The van der Waals surface area contributed by atoms with Crippen molar-refractivity contribution in [2.24, 2.45) is 5.92 Å². The standard InChI is InChI=1S/C21H24ClN5/c22-20-18(13-23-27-19(12-14-6-7-14)25-26-21(20)27)24-17-10-8-16(9-11-17)15-4-2-1-3-5-15/h1-5,13-14,16-17,24H,6-12H2. The predicted molar refractivity (Wildman–Crippen MR) is 107 cm³/mol. The SMILES string of the molecule is Clc1c(NC2CCC(c3ccccc3)CC2)cnn2c(CC3CC3)nnc12. The van der Waals surface area contributed by atoms with Crippen molar-refractivity contribution in [2.45, 2.75) is 56.9 Å². The Morgan fingerprint density at radius 3 is 2.52 bits per heavy atom. The highest BCUT2D eigenvalue weighted by Gasteiger charge is 2.26. The van der Waals surface area contributed by atoms with E-state index in [1.54, 1.807) is 4.52 Å². The molecular weight excluding hydrogens is 358 g/mol. The molecule has 2 saturated carbocycles. The summed E-state index contributed by atoms with van der Waals surface area (Å²) in [5, 5.41) is 17.4. The number of aromatic nitrogens is 4. The van der Waals surface area contributed by atoms with Crippen molar-refractivity contribution < 1.29 is 0 Å². The lowest BCUT2D eigenvalue weighted by Gasteiger charge is -2.30. The summed E-state index contributed by atoms with van der Waals surface area (Å²) in [7, 11) is 0. The van der Waals surface area contributed by atoms with Gasteiger partial charge in [-0.05, 0) is 55.9 Å². The van der Waals surface area contributed by atoms with Crippen LogP contribution in [0.2, 0.25) is 5.02 Å². The van der Waals surface area contributed by atoms with Crippen LogP contribution in [0.3, 0.4) is 0 Å². The fourth-order valence-corrected chi connectivity index (χ4v) is 4.41. The minimum Gasteiger partial charge on any atom is -0.380 e. The second-order valence-corrected chi connectivity index (χ2v) is 8.35. The van der Waals surface area contributed by atoms with Crippen molar-refractivity contribution in [2.75, 3.05) is 5.32 Å². The van der Waals surface area contributed by atoms with E-state index in [2.05, 4.69) is 50.9 Å². The Morgan fingerprint density at radius 1 is 1.00 bits per heavy atom. The van der Waals surface area contributed by atoms with Gasteiger partial charge in [-0.3, -0.25) is 0 Å². The second kappa shape index (κ2) is 7.12. The zero-order valence-corrected chi connectivity index (χ0v) is 16.1. The molecule has 5 nitrogen and oxygen atoms in total. The molecule has 2 aliphatic rings. The van der Waals surface area contributed by atoms with Crippen LogP contribution in [0.25, 0.3) is 5.65 Å². The van der Waals surface area contributed by atoms with Gasteiger partial charge in [0.05, 0.1) is 11.9 Å². The average molecular weight is 382 g/mol. The van der Waals surface area contributed by atoms with Gasteiger partial charge in [-0.15, -0.1) is 10.2 Å². The highest BCUT2D eigenvalue weighted by atomic mass is 35.5. The normalized spacial score (nSPS) is 22.9. The third-order valence-electron chi connectivity index (χ3n) is 5.97. The van der Waals surface area contributed by atoms with E-state index < -0.39 is 0 Å². The predicted octanol–water partition coefficient (Wildman–Crippen LogP) is 4.87. The van der Waals surface area contributed by atoms with Gasteiger partial charge in [-0.2, -0.15) is 9.61 Å². The summed E-state index contributed by atoms with van der Waals surface area (Å²) in [6, 6.07) is 11.3. The van der Waals surface area contributed by atoms with E-state index in [-0.39, 0.29) is 0 Å². The Kier molecular flexibility index (Phi) is 4.48. The number of rotatable bonds is 5. The number of anilines is 1. The van der Waals surface area contributed by atoms with E-state index in [1.165, 1.54) is 31.2 Å². The highest BCUT2D eigenvalue weighted by molar-refractivity contribution is 6.36. The van der Waals surface area contributed by atoms with Crippen LogP contribution in [0.5, 0.6) is 0 Å². The maximum absolute atomic E-state index is 6.63. The number of nitrogens with one attached hydrogen (secondary N) is 1. The van der Waals surface area contributed by atoms with E-state index in [0.717, 1.165) is 36.7 Å². The summed E-state index contributed by atoms with van der Waals surface area (Å²) >= 11 is 6.63. The van der Waals surface area contributed by atoms with Crippen molar-refractivity contribution in [1.82, 2.24) is 19.8 Å². The summed E-state index contributed by atoms with van der Waals surface area (Å²) in [6.45, 7) is 0. The molecule has 0 atom stereocenters. The van der Waals surface area contributed by atoms with E-state index in [4.69, 9.17) is 11.6 Å². The van der Waals surface area contributed by atoms with Gasteiger partial charge in [0.15, 0.2) is 11.5 Å². The smallest absolute Gasteiger partial charge is 0.198 e. The summed E-state index contributed by atoms with van der Waals surface area (Å²) < 4.78 is 1.80. The molecule has 0 unspecified atom stereocenters. The monoisotopic (exact) mass is 381 g/mol. The Morgan fingerprint density at radius 2 is 1.78 bits per heavy atom. The molecule has 2 heterocycles. The minimum absolute atomic E-state index is 0.431. The van der Waals surface area contributed by atoms with Crippen LogP contribution in [0.15, 0.2) is 36.5 Å². The molecular formula is C21H24ClN5. The second-order valence-electron chi connectivity index (χ2n) is 7.97. The van der Waals surface area contributed by atoms with Crippen LogP contribution in [0.1, 0.15) is 55.8 Å². The van der Waals surface area contributed by atoms with Crippen LogP contribution in [0, 0.1) is 5.92 Å². The fraction of sp³-hybridized carbons (Fsp3) is 0.476. The molecule has 0 saturated heterocycles. The van der Waals surface area contributed by atoms with Gasteiger partial charge in [-0.25, -0.2) is 0 Å². The molecule has 5 rings (SSSR count). The van der Waals surface area contributed by atoms with Crippen molar-refractivity contribution >= 4 is 22.9 Å². The summed E-state index contributed by atoms with van der Waals surface area (Å²) in [5.74, 6) is 2.33. The number of halogens is 1. The minimum atomic E-state index is 0.431. The lowest BCUT2D eigenvalue weighted by molar-refractivity contribution is 0.412. The van der Waals surface area contributed by atoms with Crippen LogP contribution in [-0.4, -0.2) is 25.9 Å². The van der Waals surface area contributed by atoms with Crippen molar-refractivity contribution in [1.29, 1.82) is 0 Å². The average Bonchev–Trinajstić information content (AvgIpc) is 3.44. The maximum atomic E-state index is 6.63. The molecule has 0 radical (unpaired) electrons. The van der Waals surface area contributed by atoms with E-state index in [1.807, 2.05) is 6.20 Å². The summed E-state index contributed by atoms with van der Waals surface area (Å²) in [4.78, 5) is 0. The van der Waals surface area contributed by atoms with Crippen molar-refractivity contribution in [3.05, 3.63) is 52.9 Å². The quantitative estimate of drug-likeness (QED) is 0.685. The molecule has 140 valence electrons. The first kappa shape index (κ1) is 17.0. The topological polar surface area (TPSA) is 55.1 Å². The number of hydrogen-bond donors (Lipinski definition) is 1. The van der Waals surface area contributed by atoms with Gasteiger partial charge in [0, 0.05) is 12.5 Å². The van der Waals surface area contributed by atoms with Gasteiger partial charge < -0.3 is 5.32 Å². The zero-order chi connectivity index (χ0) is 18.2. The molecule has 3 aromatic rings. The molecule has 27 heavy (non-hydrogen) atoms. The third-order valence-corrected chi connectivity index (χ3v) is 6.34. The van der Waals surface area contributed by atoms with Gasteiger partial charge in [0.2, 0.25) is 0 Å². The molecule has 0 spiro atoms. The molecule has 2 aliphatic carbocycles. The molecule has 0 aliphatic heterocycles. The van der Waals surface area contributed by atoms with Crippen molar-refractivity contribution in [3.63, 3.8) is 0 Å². The molecule has 0 bridgehead atoms. The Bertz CT molecular complexity index is 926. The van der Waals surface area contributed by atoms with Gasteiger partial charge in [0.25, 0.3) is 0 Å². The summed E-state index contributed by atoms with van der Waals surface area (Å²) in [5.41, 5.74) is 3.00. The van der Waals surface area contributed by atoms with Crippen molar-refractivity contribution in [3.8, 4) is 0 Å². The van der Waals surface area contributed by atoms with Gasteiger partial charge in [0.1, 0.15) is 5.02 Å². The number of fused-ring (bicyclic) bond motifs is 1. The molecule has 1 aromatic carbocycles. The van der Waals surface area contributed by atoms with Gasteiger partial charge >= 0.3 is 0 Å². The van der Waals surface area contributed by atoms with Crippen LogP contribution in [0.4, 0.5) is 5.69 Å². The lowest BCUT2D eigenvalue weighted by Crippen LogP contribution is -2.25. The highest BCUT2D eigenvalue weighted by Crippen LogP contribution is 2.36. The lowest BCUT2D eigenvalue weighted by atomic mass is 9.82. The first-order valence-electron chi connectivity index (χ1n) is 9.98. The zero-order valence-electron chi connectivity index (χ0n) is 15.3.